The fourth-order valence-corrected chi connectivity index (χ4v) is 4.47. The van der Waals surface area contributed by atoms with Gasteiger partial charge in [0.15, 0.2) is 0 Å². The van der Waals surface area contributed by atoms with E-state index in [0.717, 1.165) is 64.0 Å². The van der Waals surface area contributed by atoms with Crippen LogP contribution in [0, 0.1) is 5.92 Å². The van der Waals surface area contributed by atoms with Crippen LogP contribution in [0.25, 0.3) is 0 Å². The normalized spacial score (nSPS) is 20.2. The van der Waals surface area contributed by atoms with E-state index in [0.29, 0.717) is 18.0 Å². The molecule has 0 spiro atoms. The molecule has 2 fully saturated rings. The van der Waals surface area contributed by atoms with Crippen molar-refractivity contribution in [3.8, 4) is 0 Å². The summed E-state index contributed by atoms with van der Waals surface area (Å²) in [5, 5.41) is 0. The SMILES string of the molecule is O=C1CCCCN1CC1CCN(c2ccc(S(=O)(=O)C(F)(F)F)cc2)CC1. The predicted octanol–water partition coefficient (Wildman–Crippen LogP) is 3.21. The number of piperidine rings is 2. The molecule has 0 radical (unpaired) electrons. The van der Waals surface area contributed by atoms with Crippen molar-refractivity contribution in [2.24, 2.45) is 5.92 Å². The maximum absolute atomic E-state index is 12.6. The summed E-state index contributed by atoms with van der Waals surface area (Å²) in [5.41, 5.74) is -4.58. The van der Waals surface area contributed by atoms with Crippen molar-refractivity contribution in [1.29, 1.82) is 0 Å². The molecule has 5 nitrogen and oxygen atoms in total. The molecule has 0 unspecified atom stereocenters. The summed E-state index contributed by atoms with van der Waals surface area (Å²) >= 11 is 0. The Bertz CT molecular complexity index is 770. The number of amides is 1. The van der Waals surface area contributed by atoms with Crippen molar-refractivity contribution >= 4 is 21.4 Å². The van der Waals surface area contributed by atoms with Gasteiger partial charge >= 0.3 is 5.51 Å². The van der Waals surface area contributed by atoms with Gasteiger partial charge in [-0.3, -0.25) is 4.79 Å². The Morgan fingerprint density at radius 2 is 1.63 bits per heavy atom. The van der Waals surface area contributed by atoms with E-state index >= 15 is 0 Å². The fraction of sp³-hybridized carbons (Fsp3) is 0.611. The smallest absolute Gasteiger partial charge is 0.372 e. The molecule has 0 atom stereocenters. The lowest BCUT2D eigenvalue weighted by atomic mass is 9.95. The van der Waals surface area contributed by atoms with Crippen molar-refractivity contribution in [3.63, 3.8) is 0 Å². The third-order valence-corrected chi connectivity index (χ3v) is 6.83. The first-order valence-corrected chi connectivity index (χ1v) is 10.6. The lowest BCUT2D eigenvalue weighted by Gasteiger charge is -2.37. The zero-order valence-electron chi connectivity index (χ0n) is 14.9. The van der Waals surface area contributed by atoms with Gasteiger partial charge in [-0.15, -0.1) is 0 Å². The molecule has 1 aromatic carbocycles. The van der Waals surface area contributed by atoms with E-state index in [9.17, 15) is 26.4 Å². The second-order valence-corrected chi connectivity index (χ2v) is 9.11. The van der Waals surface area contributed by atoms with Gasteiger partial charge in [0, 0.05) is 38.3 Å². The number of sulfone groups is 1. The van der Waals surface area contributed by atoms with Crippen LogP contribution < -0.4 is 4.90 Å². The largest absolute Gasteiger partial charge is 0.501 e. The number of anilines is 1. The highest BCUT2D eigenvalue weighted by Gasteiger charge is 2.46. The Labute approximate surface area is 157 Å². The predicted molar refractivity (Wildman–Crippen MR) is 95.1 cm³/mol. The van der Waals surface area contributed by atoms with E-state index in [1.165, 1.54) is 12.1 Å². The summed E-state index contributed by atoms with van der Waals surface area (Å²) in [6.45, 7) is 3.07. The number of likely N-dealkylation sites (tertiary alicyclic amines) is 1. The number of halogens is 3. The van der Waals surface area contributed by atoms with Crippen LogP contribution in [-0.2, 0) is 14.6 Å². The molecule has 0 bridgehead atoms. The molecule has 2 saturated heterocycles. The minimum atomic E-state index is -5.31. The number of nitrogens with zero attached hydrogens (tertiary/aromatic N) is 2. The average molecular weight is 404 g/mol. The van der Waals surface area contributed by atoms with Gasteiger partial charge in [0.2, 0.25) is 5.91 Å². The molecular weight excluding hydrogens is 381 g/mol. The lowest BCUT2D eigenvalue weighted by molar-refractivity contribution is -0.134. The molecule has 9 heteroatoms. The number of carbonyl (C=O) groups excluding carboxylic acids is 1. The van der Waals surface area contributed by atoms with E-state index in [1.807, 2.05) is 9.80 Å². The molecule has 0 aromatic heterocycles. The molecule has 150 valence electrons. The average Bonchev–Trinajstić information content (AvgIpc) is 2.63. The van der Waals surface area contributed by atoms with Gasteiger partial charge in [0.25, 0.3) is 9.84 Å². The van der Waals surface area contributed by atoms with Gasteiger partial charge < -0.3 is 9.80 Å². The van der Waals surface area contributed by atoms with Crippen LogP contribution in [-0.4, -0.2) is 50.9 Å². The van der Waals surface area contributed by atoms with Gasteiger partial charge in [0.05, 0.1) is 4.90 Å². The monoisotopic (exact) mass is 404 g/mol. The van der Waals surface area contributed by atoms with Crippen LogP contribution in [0.5, 0.6) is 0 Å². The van der Waals surface area contributed by atoms with Crippen molar-refractivity contribution < 1.29 is 26.4 Å². The summed E-state index contributed by atoms with van der Waals surface area (Å²) in [4.78, 5) is 15.2. The molecule has 3 rings (SSSR count). The molecule has 2 aliphatic heterocycles. The van der Waals surface area contributed by atoms with Crippen LogP contribution in [0.2, 0.25) is 0 Å². The molecule has 1 aromatic rings. The summed E-state index contributed by atoms with van der Waals surface area (Å²) in [6, 6.07) is 4.87. The first-order chi connectivity index (χ1) is 12.7. The second-order valence-electron chi connectivity index (χ2n) is 7.17. The van der Waals surface area contributed by atoms with Crippen LogP contribution in [0.1, 0.15) is 32.1 Å². The van der Waals surface area contributed by atoms with Crippen LogP contribution in [0.3, 0.4) is 0 Å². The topological polar surface area (TPSA) is 57.7 Å². The van der Waals surface area contributed by atoms with E-state index < -0.39 is 20.2 Å². The maximum Gasteiger partial charge on any atom is 0.501 e. The second kappa shape index (κ2) is 7.69. The zero-order chi connectivity index (χ0) is 19.7. The maximum atomic E-state index is 12.6. The number of hydrogen-bond acceptors (Lipinski definition) is 4. The van der Waals surface area contributed by atoms with E-state index in [2.05, 4.69) is 0 Å². The quantitative estimate of drug-likeness (QED) is 0.773. The third kappa shape index (κ3) is 4.39. The highest BCUT2D eigenvalue weighted by molar-refractivity contribution is 7.92. The molecule has 27 heavy (non-hydrogen) atoms. The molecule has 0 N–H and O–H groups in total. The number of carbonyl (C=O) groups is 1. The Morgan fingerprint density at radius 1 is 1.00 bits per heavy atom. The molecular formula is C18H23F3N2O3S. The Kier molecular flexibility index (Phi) is 5.69. The molecule has 1 amide bonds. The highest BCUT2D eigenvalue weighted by Crippen LogP contribution is 2.32. The Balaban J connectivity index is 1.57. The Morgan fingerprint density at radius 3 is 2.19 bits per heavy atom. The van der Waals surface area contributed by atoms with Gasteiger partial charge in [0.1, 0.15) is 0 Å². The summed E-state index contributed by atoms with van der Waals surface area (Å²) < 4.78 is 60.7. The van der Waals surface area contributed by atoms with Crippen LogP contribution in [0.15, 0.2) is 29.2 Å². The molecule has 2 aliphatic rings. The van der Waals surface area contributed by atoms with Crippen molar-refractivity contribution in [3.05, 3.63) is 24.3 Å². The minimum absolute atomic E-state index is 0.227. The third-order valence-electron chi connectivity index (χ3n) is 5.33. The summed E-state index contributed by atoms with van der Waals surface area (Å²) in [7, 11) is -5.31. The van der Waals surface area contributed by atoms with Gasteiger partial charge in [-0.1, -0.05) is 0 Å². The number of hydrogen-bond donors (Lipinski definition) is 0. The van der Waals surface area contributed by atoms with Gasteiger partial charge in [-0.25, -0.2) is 8.42 Å². The zero-order valence-corrected chi connectivity index (χ0v) is 15.7. The number of rotatable bonds is 4. The van der Waals surface area contributed by atoms with Crippen molar-refractivity contribution in [2.45, 2.75) is 42.5 Å². The summed E-state index contributed by atoms with van der Waals surface area (Å²) in [5.74, 6) is 0.651. The fourth-order valence-electron chi connectivity index (χ4n) is 3.71. The van der Waals surface area contributed by atoms with Crippen molar-refractivity contribution in [2.75, 3.05) is 31.1 Å². The summed E-state index contributed by atoms with van der Waals surface area (Å²) in [6.07, 6.45) is 4.44. The van der Waals surface area contributed by atoms with Crippen LogP contribution in [0.4, 0.5) is 18.9 Å². The van der Waals surface area contributed by atoms with E-state index in [-0.39, 0.29) is 5.91 Å². The first-order valence-electron chi connectivity index (χ1n) is 9.12. The van der Waals surface area contributed by atoms with E-state index in [1.54, 1.807) is 0 Å². The van der Waals surface area contributed by atoms with Gasteiger partial charge in [-0.2, -0.15) is 13.2 Å². The van der Waals surface area contributed by atoms with Crippen molar-refractivity contribution in [1.82, 2.24) is 4.90 Å². The first kappa shape index (κ1) is 20.0. The van der Waals surface area contributed by atoms with Gasteiger partial charge in [-0.05, 0) is 55.9 Å². The molecule has 0 aliphatic carbocycles. The molecule has 2 heterocycles. The molecule has 0 saturated carbocycles. The lowest BCUT2D eigenvalue weighted by Crippen LogP contribution is -2.42. The minimum Gasteiger partial charge on any atom is -0.372 e. The standard InChI is InChI=1S/C18H23F3N2O3S/c19-18(20,21)27(25,26)16-6-4-15(5-7-16)22-11-8-14(9-12-22)13-23-10-2-1-3-17(23)24/h4-7,14H,1-3,8-13H2. The van der Waals surface area contributed by atoms with E-state index in [4.69, 9.17) is 0 Å². The Hall–Kier alpha value is -1.77. The number of benzene rings is 1. The number of alkyl halides is 3. The highest BCUT2D eigenvalue weighted by atomic mass is 32.2. The van der Waals surface area contributed by atoms with Crippen LogP contribution >= 0.6 is 0 Å².